The Bertz CT molecular complexity index is 1930. The molecule has 0 aromatic rings. The van der Waals surface area contributed by atoms with E-state index < -0.39 is 78.6 Å². The Kier molecular flexibility index (Phi) is 16.2. The number of nitrogens with zero attached hydrogens (tertiary/aromatic N) is 1. The molecule has 7 aliphatic rings. The third-order valence-electron chi connectivity index (χ3n) is 14.9. The molecular formula is C50H74N2O14. The number of amides is 1. The highest BCUT2D eigenvalue weighted by molar-refractivity contribution is 6.07. The van der Waals surface area contributed by atoms with Crippen LogP contribution >= 0.6 is 0 Å². The van der Waals surface area contributed by atoms with Crippen LogP contribution in [0.3, 0.4) is 0 Å². The number of fused-ring (bicyclic) bond motifs is 2. The van der Waals surface area contributed by atoms with Crippen molar-refractivity contribution in [2.24, 2.45) is 28.8 Å². The van der Waals surface area contributed by atoms with Crippen molar-refractivity contribution >= 4 is 17.6 Å². The van der Waals surface area contributed by atoms with Gasteiger partial charge in [-0.3, -0.25) is 9.59 Å². The van der Waals surface area contributed by atoms with Gasteiger partial charge < -0.3 is 63.0 Å². The monoisotopic (exact) mass is 927 g/mol. The number of rotatable bonds is 9. The molecule has 16 nitrogen and oxygen atoms in total. The second-order valence-electron chi connectivity index (χ2n) is 19.6. The van der Waals surface area contributed by atoms with E-state index in [4.69, 9.17) is 47.4 Å². The smallest absolute Gasteiger partial charge is 0.316 e. The number of ether oxygens (including phenoxy) is 10. The number of hydrogen-bond acceptors (Lipinski definition) is 15. The minimum absolute atomic E-state index is 0.00120. The molecule has 0 unspecified atom stereocenters. The fraction of sp³-hybridized carbons (Fsp3) is 0.740. The first-order valence-electron chi connectivity index (χ1n) is 23.9. The largest absolute Gasteiger partial charge is 0.462 e. The minimum Gasteiger partial charge on any atom is -0.462 e. The maximum Gasteiger partial charge on any atom is 0.316 e. The van der Waals surface area contributed by atoms with E-state index in [9.17, 15) is 19.9 Å². The van der Waals surface area contributed by atoms with Crippen molar-refractivity contribution in [1.82, 2.24) is 5.32 Å². The maximum absolute atomic E-state index is 14.4. The number of allylic oxidation sites excluding steroid dienone is 2. The lowest BCUT2D eigenvalue weighted by molar-refractivity contribution is -0.311. The molecule has 1 amide bonds. The average molecular weight is 927 g/mol. The van der Waals surface area contributed by atoms with E-state index in [2.05, 4.69) is 50.3 Å². The van der Waals surface area contributed by atoms with Gasteiger partial charge in [-0.05, 0) is 62.8 Å². The summed E-state index contributed by atoms with van der Waals surface area (Å²) >= 11 is 0. The van der Waals surface area contributed by atoms with Gasteiger partial charge in [0.25, 0.3) is 0 Å². The third kappa shape index (κ3) is 10.5. The molecule has 0 radical (unpaired) electrons. The molecule has 4 fully saturated rings. The number of aliphatic hydroxyl groups is 1. The quantitative estimate of drug-likeness (QED) is 0.106. The predicted molar refractivity (Wildman–Crippen MR) is 242 cm³/mol. The van der Waals surface area contributed by atoms with Gasteiger partial charge in [-0.2, -0.15) is 0 Å². The number of carbonyl (C=O) groups excluding carboxylic acids is 2. The van der Waals surface area contributed by atoms with Gasteiger partial charge in [0.05, 0.1) is 55.4 Å². The van der Waals surface area contributed by atoms with Gasteiger partial charge in [-0.15, -0.1) is 0 Å². The number of methoxy groups -OCH3 is 2. The van der Waals surface area contributed by atoms with Crippen molar-refractivity contribution in [2.45, 2.75) is 192 Å². The zero-order valence-corrected chi connectivity index (χ0v) is 40.5. The summed E-state index contributed by atoms with van der Waals surface area (Å²) in [5.74, 6) is -2.85. The number of esters is 1. The summed E-state index contributed by atoms with van der Waals surface area (Å²) in [7, 11) is 3.26. The first-order valence-corrected chi connectivity index (χ1v) is 23.9. The highest BCUT2D eigenvalue weighted by Gasteiger charge is 2.60. The van der Waals surface area contributed by atoms with Crippen LogP contribution in [0.5, 0.6) is 0 Å². The predicted octanol–water partition coefficient (Wildman–Crippen LogP) is 5.99. The summed E-state index contributed by atoms with van der Waals surface area (Å²) in [6.07, 6.45) is 10.3. The molecule has 6 aliphatic heterocycles. The van der Waals surface area contributed by atoms with Crippen LogP contribution < -0.4 is 5.32 Å². The van der Waals surface area contributed by atoms with Crippen molar-refractivity contribution in [3.05, 3.63) is 59.3 Å². The normalized spacial score (nSPS) is 46.3. The van der Waals surface area contributed by atoms with E-state index in [1.165, 1.54) is 6.92 Å². The first kappa shape index (κ1) is 50.6. The van der Waals surface area contributed by atoms with E-state index in [-0.39, 0.29) is 66.8 Å². The second kappa shape index (κ2) is 21.1. The Morgan fingerprint density at radius 1 is 0.970 bits per heavy atom. The van der Waals surface area contributed by atoms with Crippen LogP contribution in [0.2, 0.25) is 0 Å². The number of oxime groups is 1. The van der Waals surface area contributed by atoms with Gasteiger partial charge in [-0.25, -0.2) is 0 Å². The lowest BCUT2D eigenvalue weighted by atomic mass is 9.71. The van der Waals surface area contributed by atoms with E-state index >= 15 is 0 Å². The lowest BCUT2D eigenvalue weighted by Gasteiger charge is -2.48. The standard InChI is InChI=1S/C50H74N2O14/c1-12-26(2)45-29(5)18-19-49(66-45)24-36-21-35(65-49)17-16-28(4)44(27(3)14-13-15-34-25-59-47-42(52-56)30(6)20-37(48(54)62-36)50(34,47)55)63-41-23-39(58-11)46(32(8)61-41)64-40-22-38(57-10)43(31(7)60-40)51-33(9)53/h13-16,18-20,26-27,29,31-32,35-41,43-47,55-56H,12,17,21-25H2,1-11H3,(H,51,53)/b14-13+,28-16+,34-15+,52-42+/t26-,27-,29-,31-,32-,35+,36-,37-,38-,39-,40-,41-,43+,44-,45+,46-,47+,49+,50+/m0/s1. The molecule has 1 spiro atoms. The van der Waals surface area contributed by atoms with Gasteiger partial charge >= 0.3 is 5.97 Å². The number of nitrogens with one attached hydrogen (secondary N) is 1. The molecule has 3 N–H and O–H groups in total. The molecule has 0 aromatic carbocycles. The van der Waals surface area contributed by atoms with Crippen molar-refractivity contribution in [3.8, 4) is 0 Å². The molecule has 19 atom stereocenters. The van der Waals surface area contributed by atoms with Gasteiger partial charge in [0, 0.05) is 58.7 Å². The van der Waals surface area contributed by atoms with E-state index in [1.54, 1.807) is 33.3 Å². The molecule has 4 saturated heterocycles. The zero-order chi connectivity index (χ0) is 47.7. The molecule has 66 heavy (non-hydrogen) atoms. The van der Waals surface area contributed by atoms with Gasteiger partial charge in [0.2, 0.25) is 5.91 Å². The van der Waals surface area contributed by atoms with E-state index in [1.807, 2.05) is 39.0 Å². The Hall–Kier alpha value is -3.29. The van der Waals surface area contributed by atoms with Crippen LogP contribution in [-0.4, -0.2) is 140 Å². The Morgan fingerprint density at radius 3 is 2.38 bits per heavy atom. The highest BCUT2D eigenvalue weighted by Crippen LogP contribution is 2.46. The van der Waals surface area contributed by atoms with Crippen LogP contribution in [0.15, 0.2) is 64.4 Å². The SMILES string of the molecule is CC[C@H](C)[C@H]1O[C@]2(C=C[C@@H]1C)C[C@@H]1C[C@@H](C/C=C(\C)[C@@H](O[C@H]3C[C@H](OC)[C@@H](O[C@H]4C[C@H](OC)[C@H](NC(C)=O)[C@H](C)O4)[C@H](C)O3)[C@@H](C)/C=C/C=C3\CO[C@@H]4/C(=N/O)C(C)=C[C@@H](C(=O)O1)[C@]34O)O2. The molecular weight excluding hydrogens is 853 g/mol. The van der Waals surface area contributed by atoms with E-state index in [0.717, 1.165) is 12.0 Å². The molecule has 6 heterocycles. The lowest BCUT2D eigenvalue weighted by Crippen LogP contribution is -2.58. The van der Waals surface area contributed by atoms with Crippen molar-refractivity contribution in [2.75, 3.05) is 20.8 Å². The molecule has 0 saturated carbocycles. The Balaban J connectivity index is 1.17. The summed E-state index contributed by atoms with van der Waals surface area (Å²) in [6.45, 7) is 17.6. The summed E-state index contributed by atoms with van der Waals surface area (Å²) in [6, 6.07) is -0.319. The number of hydrogen-bond donors (Lipinski definition) is 3. The summed E-state index contributed by atoms with van der Waals surface area (Å²) < 4.78 is 64.5. The topological polar surface area (TPSA) is 191 Å². The third-order valence-corrected chi connectivity index (χ3v) is 14.9. The highest BCUT2D eigenvalue weighted by atomic mass is 16.7. The molecule has 368 valence electrons. The van der Waals surface area contributed by atoms with E-state index in [0.29, 0.717) is 36.8 Å². The summed E-state index contributed by atoms with van der Waals surface area (Å²) in [5.41, 5.74) is 0.180. The summed E-state index contributed by atoms with van der Waals surface area (Å²) in [5, 5.41) is 29.1. The maximum atomic E-state index is 14.4. The van der Waals surface area contributed by atoms with Crippen LogP contribution in [0, 0.1) is 23.7 Å². The average Bonchev–Trinajstić information content (AvgIpc) is 3.61. The van der Waals surface area contributed by atoms with Gasteiger partial charge in [-0.1, -0.05) is 75.7 Å². The van der Waals surface area contributed by atoms with Crippen molar-refractivity contribution < 1.29 is 67.3 Å². The summed E-state index contributed by atoms with van der Waals surface area (Å²) in [4.78, 5) is 26.4. The second-order valence-corrected chi connectivity index (χ2v) is 19.6. The van der Waals surface area contributed by atoms with Gasteiger partial charge in [0.15, 0.2) is 18.4 Å². The first-order chi connectivity index (χ1) is 31.4. The molecule has 7 rings (SSSR count). The molecule has 1 aliphatic carbocycles. The van der Waals surface area contributed by atoms with Crippen LogP contribution in [0.1, 0.15) is 101 Å². The molecule has 2 bridgehead atoms. The minimum atomic E-state index is -1.88. The Morgan fingerprint density at radius 2 is 1.68 bits per heavy atom. The van der Waals surface area contributed by atoms with Crippen molar-refractivity contribution in [3.63, 3.8) is 0 Å². The number of carbonyl (C=O) groups is 2. The van der Waals surface area contributed by atoms with Crippen LogP contribution in [0.25, 0.3) is 0 Å². The van der Waals surface area contributed by atoms with Crippen molar-refractivity contribution in [1.29, 1.82) is 0 Å². The fourth-order valence-corrected chi connectivity index (χ4v) is 11.0. The Labute approximate surface area is 390 Å². The molecule has 0 aromatic heterocycles. The zero-order valence-electron chi connectivity index (χ0n) is 40.5. The fourth-order valence-electron chi connectivity index (χ4n) is 11.0. The molecule has 16 heteroatoms. The van der Waals surface area contributed by atoms with Crippen LogP contribution in [0.4, 0.5) is 0 Å². The van der Waals surface area contributed by atoms with Gasteiger partial charge in [0.1, 0.15) is 35.5 Å². The van der Waals surface area contributed by atoms with Crippen LogP contribution in [-0.2, 0) is 57.0 Å².